The number of benzene rings is 1. The van der Waals surface area contributed by atoms with Crippen LogP contribution in [0.1, 0.15) is 0 Å². The zero-order valence-corrected chi connectivity index (χ0v) is 9.72. The third-order valence-corrected chi connectivity index (χ3v) is 2.15. The highest BCUT2D eigenvalue weighted by atomic mass is 35.5. The molecule has 0 aromatic heterocycles. The van der Waals surface area contributed by atoms with Gasteiger partial charge in [-0.3, -0.25) is 10.1 Å². The molecule has 6 nitrogen and oxygen atoms in total. The number of nitro benzene ring substituents is 1. The minimum atomic E-state index is -0.559. The van der Waals surface area contributed by atoms with Gasteiger partial charge in [0.05, 0.1) is 24.7 Å². The highest BCUT2D eigenvalue weighted by Gasteiger charge is 2.12. The van der Waals surface area contributed by atoms with Gasteiger partial charge in [0.15, 0.2) is 0 Å². The van der Waals surface area contributed by atoms with E-state index >= 15 is 0 Å². The first-order valence-corrected chi connectivity index (χ1v) is 5.28. The van der Waals surface area contributed by atoms with E-state index in [2.05, 4.69) is 0 Å². The summed E-state index contributed by atoms with van der Waals surface area (Å²) in [6.07, 6.45) is 0. The van der Waals surface area contributed by atoms with E-state index < -0.39 is 4.92 Å². The molecular weight excluding hydrogens is 250 g/mol. The molecule has 0 radical (unpaired) electrons. The molecule has 1 rings (SSSR count). The minimum Gasteiger partial charge on any atom is -0.491 e. The van der Waals surface area contributed by atoms with Crippen molar-refractivity contribution < 1.29 is 19.5 Å². The largest absolute Gasteiger partial charge is 0.491 e. The van der Waals surface area contributed by atoms with Gasteiger partial charge in [0.25, 0.3) is 5.69 Å². The predicted molar refractivity (Wildman–Crippen MR) is 61.5 cm³/mol. The maximum atomic E-state index is 10.5. The lowest BCUT2D eigenvalue weighted by Gasteiger charge is -2.06. The summed E-state index contributed by atoms with van der Waals surface area (Å²) in [7, 11) is 0. The molecule has 17 heavy (non-hydrogen) atoms. The van der Waals surface area contributed by atoms with Gasteiger partial charge in [-0.1, -0.05) is 11.6 Å². The van der Waals surface area contributed by atoms with Crippen LogP contribution in [0, 0.1) is 10.1 Å². The molecule has 1 aromatic rings. The number of ether oxygens (including phenoxy) is 2. The molecule has 0 heterocycles. The number of hydrogen-bond acceptors (Lipinski definition) is 5. The maximum absolute atomic E-state index is 10.5. The highest BCUT2D eigenvalue weighted by molar-refractivity contribution is 6.32. The smallest absolute Gasteiger partial charge is 0.288 e. The van der Waals surface area contributed by atoms with Crippen molar-refractivity contribution in [2.75, 3.05) is 26.4 Å². The summed E-state index contributed by atoms with van der Waals surface area (Å²) >= 11 is 5.70. The Kier molecular flexibility index (Phi) is 5.68. The fraction of sp³-hybridized carbons (Fsp3) is 0.400. The van der Waals surface area contributed by atoms with Gasteiger partial charge in [0.2, 0.25) is 0 Å². The number of aliphatic hydroxyl groups is 1. The van der Waals surface area contributed by atoms with Gasteiger partial charge < -0.3 is 14.6 Å². The SMILES string of the molecule is O=[N+]([O-])c1ccc(OCCOCCO)cc1Cl. The van der Waals surface area contributed by atoms with E-state index in [0.29, 0.717) is 12.4 Å². The van der Waals surface area contributed by atoms with Crippen molar-refractivity contribution in [1.29, 1.82) is 0 Å². The van der Waals surface area contributed by atoms with Crippen molar-refractivity contribution >= 4 is 17.3 Å². The van der Waals surface area contributed by atoms with E-state index in [1.807, 2.05) is 0 Å². The number of aliphatic hydroxyl groups excluding tert-OH is 1. The van der Waals surface area contributed by atoms with Gasteiger partial charge in [-0.2, -0.15) is 0 Å². The first-order chi connectivity index (χ1) is 8.15. The van der Waals surface area contributed by atoms with Crippen LogP contribution in [0.25, 0.3) is 0 Å². The lowest BCUT2D eigenvalue weighted by Crippen LogP contribution is -2.09. The van der Waals surface area contributed by atoms with E-state index in [0.717, 1.165) is 0 Å². The van der Waals surface area contributed by atoms with Gasteiger partial charge in [-0.05, 0) is 6.07 Å². The Hall–Kier alpha value is -1.37. The third-order valence-electron chi connectivity index (χ3n) is 1.85. The fourth-order valence-electron chi connectivity index (χ4n) is 1.11. The number of halogens is 1. The Labute approximate surface area is 103 Å². The summed E-state index contributed by atoms with van der Waals surface area (Å²) in [5, 5.41) is 19.0. The van der Waals surface area contributed by atoms with E-state index in [9.17, 15) is 10.1 Å². The van der Waals surface area contributed by atoms with Crippen molar-refractivity contribution in [1.82, 2.24) is 0 Å². The van der Waals surface area contributed by atoms with Gasteiger partial charge in [-0.25, -0.2) is 0 Å². The van der Waals surface area contributed by atoms with Crippen molar-refractivity contribution in [3.05, 3.63) is 33.3 Å². The molecule has 0 bridgehead atoms. The molecule has 0 aliphatic heterocycles. The predicted octanol–water partition coefficient (Wildman–Crippen LogP) is 1.64. The van der Waals surface area contributed by atoms with E-state index in [1.165, 1.54) is 18.2 Å². The maximum Gasteiger partial charge on any atom is 0.288 e. The van der Waals surface area contributed by atoms with Crippen LogP contribution in [-0.2, 0) is 4.74 Å². The first-order valence-electron chi connectivity index (χ1n) is 4.90. The quantitative estimate of drug-likeness (QED) is 0.458. The molecule has 0 aliphatic carbocycles. The van der Waals surface area contributed by atoms with Crippen molar-refractivity contribution in [3.8, 4) is 5.75 Å². The normalized spacial score (nSPS) is 10.2. The Balaban J connectivity index is 2.45. The molecule has 0 atom stereocenters. The Bertz CT molecular complexity index is 385. The second kappa shape index (κ2) is 7.05. The first kappa shape index (κ1) is 13.7. The molecule has 0 fully saturated rings. The molecule has 7 heteroatoms. The number of nitrogens with zero attached hydrogens (tertiary/aromatic N) is 1. The molecule has 0 saturated carbocycles. The van der Waals surface area contributed by atoms with Crippen LogP contribution in [0.3, 0.4) is 0 Å². The second-order valence-corrected chi connectivity index (χ2v) is 3.46. The molecule has 0 amide bonds. The van der Waals surface area contributed by atoms with E-state index in [-0.39, 0.29) is 30.5 Å². The zero-order chi connectivity index (χ0) is 12.7. The molecule has 94 valence electrons. The number of nitro groups is 1. The van der Waals surface area contributed by atoms with Gasteiger partial charge >= 0.3 is 0 Å². The summed E-state index contributed by atoms with van der Waals surface area (Å²) < 4.78 is 10.2. The standard InChI is InChI=1S/C10H12ClNO5/c11-9-7-8(1-2-10(9)12(14)15)17-6-5-16-4-3-13/h1-2,7,13H,3-6H2. The van der Waals surface area contributed by atoms with Crippen molar-refractivity contribution in [2.24, 2.45) is 0 Å². The lowest BCUT2D eigenvalue weighted by atomic mass is 10.3. The van der Waals surface area contributed by atoms with Gasteiger partial charge in [0.1, 0.15) is 17.4 Å². The zero-order valence-electron chi connectivity index (χ0n) is 8.97. The highest BCUT2D eigenvalue weighted by Crippen LogP contribution is 2.28. The molecule has 1 N–H and O–H groups in total. The summed E-state index contributed by atoms with van der Waals surface area (Å²) in [5.74, 6) is 0.438. The van der Waals surface area contributed by atoms with Crippen molar-refractivity contribution in [3.63, 3.8) is 0 Å². The van der Waals surface area contributed by atoms with Crippen LogP contribution < -0.4 is 4.74 Å². The van der Waals surface area contributed by atoms with Gasteiger partial charge in [0, 0.05) is 12.1 Å². The third kappa shape index (κ3) is 4.56. The van der Waals surface area contributed by atoms with Crippen LogP contribution in [0.2, 0.25) is 5.02 Å². The molecule has 0 unspecified atom stereocenters. The molecular formula is C10H12ClNO5. The molecule has 0 saturated heterocycles. The minimum absolute atomic E-state index is 0.0313. The van der Waals surface area contributed by atoms with Crippen LogP contribution in [0.15, 0.2) is 18.2 Å². The van der Waals surface area contributed by atoms with Crippen LogP contribution in [0.4, 0.5) is 5.69 Å². The van der Waals surface area contributed by atoms with Crippen LogP contribution in [-0.4, -0.2) is 36.5 Å². The topological polar surface area (TPSA) is 81.8 Å². The van der Waals surface area contributed by atoms with E-state index in [1.54, 1.807) is 0 Å². The monoisotopic (exact) mass is 261 g/mol. The number of hydrogen-bond donors (Lipinski definition) is 1. The molecule has 1 aromatic carbocycles. The van der Waals surface area contributed by atoms with Crippen LogP contribution in [0.5, 0.6) is 5.75 Å². The van der Waals surface area contributed by atoms with Crippen LogP contribution >= 0.6 is 11.6 Å². The summed E-state index contributed by atoms with van der Waals surface area (Å²) in [4.78, 5) is 9.94. The fourth-order valence-corrected chi connectivity index (χ4v) is 1.35. The molecule has 0 aliphatic rings. The van der Waals surface area contributed by atoms with Crippen molar-refractivity contribution in [2.45, 2.75) is 0 Å². The Morgan fingerprint density at radius 2 is 2.12 bits per heavy atom. The summed E-state index contributed by atoms with van der Waals surface area (Å²) in [6, 6.07) is 4.13. The Morgan fingerprint density at radius 1 is 1.35 bits per heavy atom. The second-order valence-electron chi connectivity index (χ2n) is 3.05. The number of rotatable bonds is 7. The lowest BCUT2D eigenvalue weighted by molar-refractivity contribution is -0.384. The van der Waals surface area contributed by atoms with Gasteiger partial charge in [-0.15, -0.1) is 0 Å². The molecule has 0 spiro atoms. The van der Waals surface area contributed by atoms with E-state index in [4.69, 9.17) is 26.2 Å². The average Bonchev–Trinajstić information content (AvgIpc) is 2.28. The summed E-state index contributed by atoms with van der Waals surface area (Å²) in [6.45, 7) is 0.830. The summed E-state index contributed by atoms with van der Waals surface area (Å²) in [5.41, 5.74) is -0.157. The average molecular weight is 262 g/mol. The Morgan fingerprint density at radius 3 is 2.71 bits per heavy atom.